The normalized spacial score (nSPS) is 19.9. The van der Waals surface area contributed by atoms with Crippen molar-refractivity contribution in [3.05, 3.63) is 129 Å². The molecule has 69 heavy (non-hydrogen) atoms. The molecule has 0 unspecified atom stereocenters. The molecule has 2 aliphatic carbocycles. The number of imide groups is 2. The van der Waals surface area contributed by atoms with Gasteiger partial charge >= 0.3 is 30.2 Å². The van der Waals surface area contributed by atoms with Crippen LogP contribution in [0.5, 0.6) is 0 Å². The maximum atomic E-state index is 13.4. The van der Waals surface area contributed by atoms with E-state index in [-0.39, 0.29) is 45.8 Å². The van der Waals surface area contributed by atoms with Gasteiger partial charge in [0.1, 0.15) is 13.1 Å². The lowest BCUT2D eigenvalue weighted by atomic mass is 9.94. The average molecular weight is 947 g/mol. The van der Waals surface area contributed by atoms with Crippen molar-refractivity contribution in [1.82, 2.24) is 30.7 Å². The first kappa shape index (κ1) is 50.6. The van der Waals surface area contributed by atoms with E-state index in [2.05, 4.69) is 56.9 Å². The first-order chi connectivity index (χ1) is 32.2. The van der Waals surface area contributed by atoms with E-state index in [0.717, 1.165) is 41.1 Å². The van der Waals surface area contributed by atoms with E-state index in [1.54, 1.807) is 41.3 Å². The van der Waals surface area contributed by atoms with E-state index in [1.807, 2.05) is 18.2 Å². The molecular weight excluding hydrogens is 889 g/mol. The number of hydrogen-bond acceptors (Lipinski definition) is 11. The average Bonchev–Trinajstić information content (AvgIpc) is 4.03. The van der Waals surface area contributed by atoms with Crippen LogP contribution < -0.4 is 26.6 Å². The van der Waals surface area contributed by atoms with Crippen LogP contribution in [0.3, 0.4) is 0 Å². The fourth-order valence-corrected chi connectivity index (χ4v) is 9.35. The van der Waals surface area contributed by atoms with Crippen LogP contribution in [0.2, 0.25) is 0 Å². The first-order valence-corrected chi connectivity index (χ1v) is 21.9. The topological polar surface area (TPSA) is 245 Å². The van der Waals surface area contributed by atoms with Gasteiger partial charge in [0, 0.05) is 69.1 Å². The second-order valence-electron chi connectivity index (χ2n) is 16.7. The van der Waals surface area contributed by atoms with Gasteiger partial charge in [0.2, 0.25) is 17.1 Å². The van der Waals surface area contributed by atoms with Gasteiger partial charge < -0.3 is 46.1 Å². The van der Waals surface area contributed by atoms with Gasteiger partial charge in [-0.15, -0.1) is 0 Å². The maximum absolute atomic E-state index is 13.4. The highest BCUT2D eigenvalue weighted by molar-refractivity contribution is 6.07. The van der Waals surface area contributed by atoms with Gasteiger partial charge in [0.05, 0.1) is 0 Å². The van der Waals surface area contributed by atoms with Gasteiger partial charge in [0.25, 0.3) is 11.8 Å². The summed E-state index contributed by atoms with van der Waals surface area (Å²) in [5, 5.41) is 22.4. The minimum absolute atomic E-state index is 0. The molecule has 0 bridgehead atoms. The number of aliphatic carboxylic acids is 1. The third-order valence-electron chi connectivity index (χ3n) is 12.8. The zero-order valence-corrected chi connectivity index (χ0v) is 36.9. The molecule has 0 radical (unpaired) electrons. The van der Waals surface area contributed by atoms with Crippen LogP contribution in [0.1, 0.15) is 72.2 Å². The van der Waals surface area contributed by atoms with Crippen LogP contribution in [0.25, 0.3) is 0 Å². The summed E-state index contributed by atoms with van der Waals surface area (Å²) in [7, 11) is 3.01. The maximum Gasteiger partial charge on any atom is 0.418 e. The molecule has 6 N–H and O–H groups in total. The van der Waals surface area contributed by atoms with E-state index in [1.165, 1.54) is 37.2 Å². The van der Waals surface area contributed by atoms with Crippen molar-refractivity contribution in [3.8, 4) is 0 Å². The van der Waals surface area contributed by atoms with Crippen molar-refractivity contribution in [2.24, 2.45) is 0 Å². The van der Waals surface area contributed by atoms with Crippen molar-refractivity contribution < 1.29 is 52.9 Å². The first-order valence-electron chi connectivity index (χ1n) is 21.9. The second kappa shape index (κ2) is 21.0. The number of carbonyl (C=O) groups excluding carboxylic acids is 7. The van der Waals surface area contributed by atoms with E-state index >= 15 is 0 Å². The molecular formula is C50H58N8O11. The summed E-state index contributed by atoms with van der Waals surface area (Å²) in [6, 6.07) is 25.9. The lowest BCUT2D eigenvalue weighted by Gasteiger charge is -2.29. The van der Waals surface area contributed by atoms with Crippen LogP contribution in [0, 0.1) is 0 Å². The molecule has 19 nitrogen and oxygen atoms in total. The monoisotopic (exact) mass is 946 g/mol. The Balaban J connectivity index is 0.000000189. The number of fused-ring (bicyclic) bond motifs is 6. The summed E-state index contributed by atoms with van der Waals surface area (Å²) in [6.07, 6.45) is 1.71. The number of aryl methyl sites for hydroxylation is 2. The van der Waals surface area contributed by atoms with Crippen molar-refractivity contribution in [3.63, 3.8) is 0 Å². The second-order valence-corrected chi connectivity index (χ2v) is 16.7. The number of nitrogens with one attached hydrogen (secondary N) is 5. The van der Waals surface area contributed by atoms with Crippen molar-refractivity contribution in [2.45, 2.75) is 77.7 Å². The number of amides is 9. The molecule has 4 aromatic rings. The highest BCUT2D eigenvalue weighted by atomic mass is 16.6. The Morgan fingerprint density at radius 2 is 1.10 bits per heavy atom. The molecule has 10 rings (SSSR count). The molecule has 364 valence electrons. The summed E-state index contributed by atoms with van der Waals surface area (Å²) < 4.78 is 10.9. The molecule has 2 fully saturated rings. The standard InChI is InChI=1S/C24H24N4O5.C15H15N3O6.C9H11N.2CH4/c1-25-22(31)26-18-6-7-19-16(12-18)8-10-24(19)21(30)28(23(32)33-24)14-20(29)27-11-9-15-4-2-3-5-17(15)13-27;1-16-13(22)17-9-2-3-10-8(6-9)4-5-15(10)12(21)18(7-11(19)20)14(23)24-15;1-2-4-9-7-10-6-5-8(9)3-1;;/h2-7,12H,8-11,13-14H2,1H3,(H2,25,26,31);2-3,6H,4-5,7H2,1H3,(H,19,20)(H2,16,17,22);1-4,10H,5-7H2;2*1H4/t24-;15-;;;/m00.../s1. The molecule has 19 heteroatoms. The molecule has 4 aromatic carbocycles. The Kier molecular flexibility index (Phi) is 15.4. The predicted molar refractivity (Wildman–Crippen MR) is 254 cm³/mol. The molecule has 2 spiro atoms. The number of anilines is 2. The van der Waals surface area contributed by atoms with Crippen LogP contribution in [0.4, 0.5) is 30.6 Å². The van der Waals surface area contributed by atoms with Gasteiger partial charge in [-0.3, -0.25) is 19.2 Å². The lowest BCUT2D eigenvalue weighted by Crippen LogP contribution is -2.45. The van der Waals surface area contributed by atoms with Crippen LogP contribution >= 0.6 is 0 Å². The van der Waals surface area contributed by atoms with Crippen molar-refractivity contribution in [2.75, 3.05) is 50.9 Å². The number of ether oxygens (including phenoxy) is 2. The Morgan fingerprint density at radius 1 is 0.623 bits per heavy atom. The molecule has 2 atom stereocenters. The highest BCUT2D eigenvalue weighted by Crippen LogP contribution is 2.47. The summed E-state index contributed by atoms with van der Waals surface area (Å²) >= 11 is 0. The summed E-state index contributed by atoms with van der Waals surface area (Å²) in [5.41, 5.74) is 6.24. The van der Waals surface area contributed by atoms with Crippen LogP contribution in [-0.2, 0) is 78.6 Å². The zero-order valence-electron chi connectivity index (χ0n) is 36.9. The van der Waals surface area contributed by atoms with Crippen molar-refractivity contribution in [1.29, 1.82) is 0 Å². The van der Waals surface area contributed by atoms with Gasteiger partial charge in [-0.05, 0) is 89.9 Å². The minimum Gasteiger partial charge on any atom is -0.480 e. The third-order valence-corrected chi connectivity index (χ3v) is 12.8. The number of carboxylic acids is 1. The molecule has 0 aromatic heterocycles. The molecule has 4 aliphatic heterocycles. The Hall–Kier alpha value is -7.80. The quantitative estimate of drug-likeness (QED) is 0.143. The number of carbonyl (C=O) groups is 8. The van der Waals surface area contributed by atoms with E-state index in [0.29, 0.717) is 59.8 Å². The fourth-order valence-electron chi connectivity index (χ4n) is 9.35. The summed E-state index contributed by atoms with van der Waals surface area (Å²) in [5.74, 6) is -2.75. The van der Waals surface area contributed by atoms with Crippen LogP contribution in [-0.4, -0.2) is 108 Å². The predicted octanol–water partition coefficient (Wildman–Crippen LogP) is 5.39. The Morgan fingerprint density at radius 3 is 1.59 bits per heavy atom. The van der Waals surface area contributed by atoms with E-state index in [4.69, 9.17) is 14.6 Å². The third kappa shape index (κ3) is 10.1. The van der Waals surface area contributed by atoms with Gasteiger partial charge in [-0.1, -0.05) is 75.5 Å². The highest BCUT2D eigenvalue weighted by Gasteiger charge is 2.59. The number of benzene rings is 4. The zero-order chi connectivity index (χ0) is 47.5. The fraction of sp³-hybridized carbons (Fsp3) is 0.360. The number of rotatable bonds is 6. The van der Waals surface area contributed by atoms with E-state index in [9.17, 15) is 38.4 Å². The van der Waals surface area contributed by atoms with Gasteiger partial charge in [0.15, 0.2) is 0 Å². The van der Waals surface area contributed by atoms with Crippen LogP contribution in [0.15, 0.2) is 84.9 Å². The molecule has 4 heterocycles. The molecule has 6 aliphatic rings. The molecule has 2 saturated heterocycles. The van der Waals surface area contributed by atoms with Crippen molar-refractivity contribution >= 4 is 59.3 Å². The molecule has 9 amide bonds. The Labute approximate surface area is 399 Å². The van der Waals surface area contributed by atoms with E-state index < -0.39 is 47.7 Å². The number of hydrogen-bond donors (Lipinski definition) is 6. The largest absolute Gasteiger partial charge is 0.480 e. The lowest BCUT2D eigenvalue weighted by molar-refractivity contribution is -0.144. The summed E-state index contributed by atoms with van der Waals surface area (Å²) in [6.45, 7) is 2.12. The minimum atomic E-state index is -1.46. The SMILES string of the molecule is C.C.CNC(=O)Nc1ccc2c(c1)CC[C@]21OC(=O)N(CC(=O)N2CCc3ccccc3C2)C1=O.CNC(=O)Nc1ccc2c(c1)CC[C@]21OC(=O)N(CC(=O)O)C1=O.c1ccc2c(c1)CCNC2. The van der Waals surface area contributed by atoms with Gasteiger partial charge in [-0.2, -0.15) is 0 Å². The number of urea groups is 2. The number of carboxylic acid groups (broad SMARTS) is 1. The smallest absolute Gasteiger partial charge is 0.418 e. The summed E-state index contributed by atoms with van der Waals surface area (Å²) in [4.78, 5) is 100. The van der Waals surface area contributed by atoms with Gasteiger partial charge in [-0.25, -0.2) is 29.0 Å². The Bertz CT molecular complexity index is 2670. The molecule has 0 saturated carbocycles. The number of nitrogens with zero attached hydrogens (tertiary/aromatic N) is 3.